The quantitative estimate of drug-likeness (QED) is 0.458. The average Bonchev–Trinajstić information content (AvgIpc) is 3.38. The number of nitrogens with one attached hydrogen (secondary N) is 1. The molecule has 7 heteroatoms. The number of nitrogens with zero attached hydrogens (tertiary/aromatic N) is 3. The summed E-state index contributed by atoms with van der Waals surface area (Å²) < 4.78 is 11.2. The Labute approximate surface area is 180 Å². The molecule has 0 bridgehead atoms. The van der Waals surface area contributed by atoms with Gasteiger partial charge in [-0.2, -0.15) is 4.98 Å². The number of hydrogen-bond acceptors (Lipinski definition) is 6. The second-order valence-corrected chi connectivity index (χ2v) is 7.72. The Kier molecular flexibility index (Phi) is 5.66. The van der Waals surface area contributed by atoms with E-state index < -0.39 is 0 Å². The van der Waals surface area contributed by atoms with Crippen molar-refractivity contribution in [2.24, 2.45) is 0 Å². The zero-order chi connectivity index (χ0) is 22.0. The summed E-state index contributed by atoms with van der Waals surface area (Å²) in [4.78, 5) is 21.9. The summed E-state index contributed by atoms with van der Waals surface area (Å²) in [5, 5.41) is 7.02. The van der Waals surface area contributed by atoms with Crippen LogP contribution in [0.3, 0.4) is 0 Å². The summed E-state index contributed by atoms with van der Waals surface area (Å²) in [6.45, 7) is 7.73. The van der Waals surface area contributed by atoms with E-state index in [1.165, 1.54) is 0 Å². The van der Waals surface area contributed by atoms with Gasteiger partial charge < -0.3 is 14.3 Å². The fourth-order valence-electron chi connectivity index (χ4n) is 3.22. The highest BCUT2D eigenvalue weighted by molar-refractivity contribution is 5.96. The molecule has 0 fully saturated rings. The van der Waals surface area contributed by atoms with Crippen molar-refractivity contribution in [3.05, 3.63) is 71.4 Å². The number of para-hydroxylation sites is 1. The van der Waals surface area contributed by atoms with Gasteiger partial charge in [-0.05, 0) is 37.6 Å². The van der Waals surface area contributed by atoms with E-state index >= 15 is 0 Å². The number of rotatable bonds is 6. The van der Waals surface area contributed by atoms with Crippen molar-refractivity contribution in [3.63, 3.8) is 0 Å². The Morgan fingerprint density at radius 2 is 1.77 bits per heavy atom. The molecule has 0 saturated carbocycles. The maximum Gasteiger partial charge on any atom is 0.260 e. The van der Waals surface area contributed by atoms with Gasteiger partial charge in [0.15, 0.2) is 5.82 Å². The zero-order valence-electron chi connectivity index (χ0n) is 18.0. The minimum absolute atomic E-state index is 0.0943. The number of amides is 1. The Balaban J connectivity index is 1.56. The number of aromatic nitrogens is 3. The Morgan fingerprint density at radius 1 is 1.00 bits per heavy atom. The lowest BCUT2D eigenvalue weighted by Crippen LogP contribution is -2.16. The highest BCUT2D eigenvalue weighted by atomic mass is 16.5. The van der Waals surface area contributed by atoms with Crippen molar-refractivity contribution in [1.29, 1.82) is 0 Å². The third-order valence-electron chi connectivity index (χ3n) is 4.97. The Morgan fingerprint density at radius 3 is 2.48 bits per heavy atom. The standard InChI is InChI=1S/C24H24N4O3/c1-14(2)22-27-24(31-28-22)18-12-8-9-15(3)21(18)26-20(29)13-19-16(4)30-23(25-19)17-10-6-5-7-11-17/h5-12,14H,13H2,1-4H3,(H,26,29). The molecule has 0 spiro atoms. The zero-order valence-corrected chi connectivity index (χ0v) is 18.0. The van der Waals surface area contributed by atoms with Crippen LogP contribution in [0.5, 0.6) is 0 Å². The van der Waals surface area contributed by atoms with E-state index in [0.717, 1.165) is 11.1 Å². The molecule has 2 aromatic carbocycles. The molecule has 0 aliphatic rings. The highest BCUT2D eigenvalue weighted by Gasteiger charge is 2.19. The van der Waals surface area contributed by atoms with Crippen molar-refractivity contribution in [3.8, 4) is 22.9 Å². The molecule has 4 rings (SSSR count). The molecule has 31 heavy (non-hydrogen) atoms. The van der Waals surface area contributed by atoms with E-state index in [1.54, 1.807) is 0 Å². The topological polar surface area (TPSA) is 94.1 Å². The van der Waals surface area contributed by atoms with Crippen LogP contribution in [0.4, 0.5) is 5.69 Å². The van der Waals surface area contributed by atoms with Crippen molar-refractivity contribution in [1.82, 2.24) is 15.1 Å². The molecule has 1 amide bonds. The largest absolute Gasteiger partial charge is 0.441 e. The summed E-state index contributed by atoms with van der Waals surface area (Å²) in [5.41, 5.74) is 3.71. The summed E-state index contributed by atoms with van der Waals surface area (Å²) in [7, 11) is 0. The lowest BCUT2D eigenvalue weighted by molar-refractivity contribution is -0.115. The van der Waals surface area contributed by atoms with Crippen LogP contribution >= 0.6 is 0 Å². The molecule has 1 N–H and O–H groups in total. The van der Waals surface area contributed by atoms with E-state index in [0.29, 0.717) is 40.3 Å². The Hall–Kier alpha value is -3.74. The van der Waals surface area contributed by atoms with Crippen LogP contribution in [0, 0.1) is 13.8 Å². The molecule has 7 nitrogen and oxygen atoms in total. The molecule has 0 aliphatic carbocycles. The first-order chi connectivity index (χ1) is 14.9. The molecule has 2 aromatic heterocycles. The van der Waals surface area contributed by atoms with Crippen LogP contribution in [0.15, 0.2) is 57.5 Å². The molecule has 2 heterocycles. The predicted octanol–water partition coefficient (Wildman–Crippen LogP) is 5.31. The van der Waals surface area contributed by atoms with E-state index in [1.807, 2.05) is 76.2 Å². The Bertz CT molecular complexity index is 1210. The van der Waals surface area contributed by atoms with Crippen LogP contribution < -0.4 is 5.32 Å². The summed E-state index contributed by atoms with van der Waals surface area (Å²) in [6.07, 6.45) is 0.0943. The van der Waals surface area contributed by atoms with Gasteiger partial charge in [0.25, 0.3) is 5.89 Å². The second kappa shape index (κ2) is 8.55. The van der Waals surface area contributed by atoms with Crippen LogP contribution in [-0.2, 0) is 11.2 Å². The lowest BCUT2D eigenvalue weighted by Gasteiger charge is -2.11. The van der Waals surface area contributed by atoms with E-state index in [2.05, 4.69) is 20.4 Å². The molecule has 0 aliphatic heterocycles. The van der Waals surface area contributed by atoms with Crippen LogP contribution in [-0.4, -0.2) is 21.0 Å². The van der Waals surface area contributed by atoms with E-state index in [4.69, 9.17) is 8.94 Å². The molecule has 4 aromatic rings. The predicted molar refractivity (Wildman–Crippen MR) is 118 cm³/mol. The molecule has 0 unspecified atom stereocenters. The van der Waals surface area contributed by atoms with Crippen molar-refractivity contribution in [2.45, 2.75) is 40.0 Å². The number of aryl methyl sites for hydroxylation is 2. The second-order valence-electron chi connectivity index (χ2n) is 7.72. The fraction of sp³-hybridized carbons (Fsp3) is 0.250. The first-order valence-electron chi connectivity index (χ1n) is 10.2. The van der Waals surface area contributed by atoms with Gasteiger partial charge in [-0.3, -0.25) is 4.79 Å². The molecule has 158 valence electrons. The van der Waals surface area contributed by atoms with Crippen molar-refractivity contribution in [2.75, 3.05) is 5.32 Å². The number of anilines is 1. The van der Waals surface area contributed by atoms with Gasteiger partial charge in [0.05, 0.1) is 23.4 Å². The SMILES string of the molecule is Cc1cccc(-c2nc(C(C)C)no2)c1NC(=O)Cc1nc(-c2ccccc2)oc1C. The fourth-order valence-corrected chi connectivity index (χ4v) is 3.22. The van der Waals surface area contributed by atoms with E-state index in [-0.39, 0.29) is 18.2 Å². The van der Waals surface area contributed by atoms with Crippen LogP contribution in [0.1, 0.15) is 42.6 Å². The van der Waals surface area contributed by atoms with Crippen LogP contribution in [0.2, 0.25) is 0 Å². The van der Waals surface area contributed by atoms with Gasteiger partial charge in [-0.25, -0.2) is 4.98 Å². The average molecular weight is 416 g/mol. The van der Waals surface area contributed by atoms with Gasteiger partial charge in [-0.15, -0.1) is 0 Å². The minimum atomic E-state index is -0.199. The van der Waals surface area contributed by atoms with Gasteiger partial charge in [0.1, 0.15) is 5.76 Å². The summed E-state index contributed by atoms with van der Waals surface area (Å²) in [6, 6.07) is 15.3. The highest BCUT2D eigenvalue weighted by Crippen LogP contribution is 2.31. The monoisotopic (exact) mass is 416 g/mol. The number of benzene rings is 2. The van der Waals surface area contributed by atoms with Crippen molar-refractivity contribution >= 4 is 11.6 Å². The normalized spacial score (nSPS) is 11.1. The smallest absolute Gasteiger partial charge is 0.260 e. The number of hydrogen-bond donors (Lipinski definition) is 1. The van der Waals surface area contributed by atoms with E-state index in [9.17, 15) is 4.79 Å². The lowest BCUT2D eigenvalue weighted by atomic mass is 10.1. The maximum atomic E-state index is 12.9. The number of carbonyl (C=O) groups excluding carboxylic acids is 1. The summed E-state index contributed by atoms with van der Waals surface area (Å²) in [5.74, 6) is 2.08. The molecule has 0 saturated heterocycles. The molecule has 0 atom stereocenters. The number of oxazole rings is 1. The van der Waals surface area contributed by atoms with Gasteiger partial charge in [0, 0.05) is 11.5 Å². The van der Waals surface area contributed by atoms with Gasteiger partial charge in [-0.1, -0.05) is 49.3 Å². The molecular weight excluding hydrogens is 392 g/mol. The minimum Gasteiger partial charge on any atom is -0.441 e. The third kappa shape index (κ3) is 4.40. The molecular formula is C24H24N4O3. The summed E-state index contributed by atoms with van der Waals surface area (Å²) >= 11 is 0. The van der Waals surface area contributed by atoms with Gasteiger partial charge >= 0.3 is 0 Å². The third-order valence-corrected chi connectivity index (χ3v) is 4.97. The van der Waals surface area contributed by atoms with Crippen molar-refractivity contribution < 1.29 is 13.7 Å². The van der Waals surface area contributed by atoms with Gasteiger partial charge in [0.2, 0.25) is 11.8 Å². The first kappa shape index (κ1) is 20.5. The first-order valence-corrected chi connectivity index (χ1v) is 10.2. The maximum absolute atomic E-state index is 12.9. The number of carbonyl (C=O) groups is 1. The van der Waals surface area contributed by atoms with Crippen LogP contribution in [0.25, 0.3) is 22.9 Å². The molecule has 0 radical (unpaired) electrons.